The molecule has 150 valence electrons. The SMILES string of the molecule is CCOC(=O)c1nn(-c2ccccc2)c(=O)cc1OS(=O)(=O)c1cccc(C)c1. The van der Waals surface area contributed by atoms with E-state index >= 15 is 0 Å². The van der Waals surface area contributed by atoms with Crippen LogP contribution in [0.25, 0.3) is 5.69 Å². The van der Waals surface area contributed by atoms with Crippen LogP contribution >= 0.6 is 0 Å². The van der Waals surface area contributed by atoms with Crippen molar-refractivity contribution >= 4 is 16.1 Å². The van der Waals surface area contributed by atoms with E-state index in [-0.39, 0.29) is 11.5 Å². The average Bonchev–Trinajstić information content (AvgIpc) is 2.68. The van der Waals surface area contributed by atoms with E-state index in [4.69, 9.17) is 8.92 Å². The molecule has 8 nitrogen and oxygen atoms in total. The number of esters is 1. The summed E-state index contributed by atoms with van der Waals surface area (Å²) in [5.74, 6) is -1.41. The predicted octanol–water partition coefficient (Wildman–Crippen LogP) is 2.49. The molecule has 0 unspecified atom stereocenters. The third-order valence-electron chi connectivity index (χ3n) is 3.84. The minimum Gasteiger partial charge on any atom is -0.461 e. The molecule has 0 N–H and O–H groups in total. The maximum Gasteiger partial charge on any atom is 0.362 e. The molecule has 0 spiro atoms. The largest absolute Gasteiger partial charge is 0.461 e. The molecule has 0 aliphatic rings. The molecule has 9 heteroatoms. The van der Waals surface area contributed by atoms with Crippen LogP contribution in [-0.4, -0.2) is 30.8 Å². The van der Waals surface area contributed by atoms with Crippen molar-refractivity contribution in [2.24, 2.45) is 0 Å². The number of aromatic nitrogens is 2. The molecule has 0 aliphatic heterocycles. The summed E-state index contributed by atoms with van der Waals surface area (Å²) in [6.07, 6.45) is 0. The van der Waals surface area contributed by atoms with Gasteiger partial charge in [0, 0.05) is 0 Å². The summed E-state index contributed by atoms with van der Waals surface area (Å²) < 4.78 is 36.3. The van der Waals surface area contributed by atoms with Gasteiger partial charge in [-0.3, -0.25) is 4.79 Å². The van der Waals surface area contributed by atoms with Gasteiger partial charge in [0.2, 0.25) is 5.69 Å². The highest BCUT2D eigenvalue weighted by molar-refractivity contribution is 7.87. The van der Waals surface area contributed by atoms with Crippen molar-refractivity contribution < 1.29 is 22.1 Å². The van der Waals surface area contributed by atoms with Gasteiger partial charge in [0.25, 0.3) is 5.56 Å². The van der Waals surface area contributed by atoms with Crippen molar-refractivity contribution in [3.8, 4) is 11.4 Å². The molecule has 3 aromatic rings. The van der Waals surface area contributed by atoms with Gasteiger partial charge < -0.3 is 8.92 Å². The van der Waals surface area contributed by atoms with Crippen LogP contribution in [0.15, 0.2) is 70.4 Å². The lowest BCUT2D eigenvalue weighted by atomic mass is 10.2. The molecule has 0 saturated heterocycles. The first-order chi connectivity index (χ1) is 13.8. The zero-order valence-electron chi connectivity index (χ0n) is 15.7. The van der Waals surface area contributed by atoms with Crippen molar-refractivity contribution in [3.05, 3.63) is 82.3 Å². The highest BCUT2D eigenvalue weighted by atomic mass is 32.2. The highest BCUT2D eigenvalue weighted by Gasteiger charge is 2.25. The summed E-state index contributed by atoms with van der Waals surface area (Å²) in [4.78, 5) is 24.8. The zero-order chi connectivity index (χ0) is 21.0. The van der Waals surface area contributed by atoms with Gasteiger partial charge in [0.05, 0.1) is 18.4 Å². The smallest absolute Gasteiger partial charge is 0.362 e. The fourth-order valence-electron chi connectivity index (χ4n) is 2.54. The zero-order valence-corrected chi connectivity index (χ0v) is 16.5. The minimum absolute atomic E-state index is 0.0368. The Bertz CT molecular complexity index is 1200. The molecule has 0 aliphatic carbocycles. The Morgan fingerprint density at radius 2 is 1.79 bits per heavy atom. The Balaban J connectivity index is 2.11. The number of aryl methyl sites for hydroxylation is 1. The van der Waals surface area contributed by atoms with Crippen LogP contribution < -0.4 is 9.74 Å². The number of ether oxygens (including phenoxy) is 1. The standard InChI is InChI=1S/C20H18N2O6S/c1-3-27-20(24)19-17(28-29(25,26)16-11-7-8-14(2)12-16)13-18(23)22(21-19)15-9-5-4-6-10-15/h4-13H,3H2,1-2H3. The second-order valence-electron chi connectivity index (χ2n) is 6.02. The van der Waals surface area contributed by atoms with Gasteiger partial charge in [0.1, 0.15) is 4.90 Å². The van der Waals surface area contributed by atoms with E-state index in [1.54, 1.807) is 56.3 Å². The molecular formula is C20H18N2O6S. The molecule has 0 radical (unpaired) electrons. The van der Waals surface area contributed by atoms with E-state index < -0.39 is 33.1 Å². The molecule has 1 aromatic heterocycles. The predicted molar refractivity (Wildman–Crippen MR) is 105 cm³/mol. The first-order valence-electron chi connectivity index (χ1n) is 8.70. The van der Waals surface area contributed by atoms with E-state index in [0.29, 0.717) is 11.3 Å². The number of benzene rings is 2. The fraction of sp³-hybridized carbons (Fsp3) is 0.150. The fourth-order valence-corrected chi connectivity index (χ4v) is 3.57. The van der Waals surface area contributed by atoms with E-state index in [1.165, 1.54) is 12.1 Å². The summed E-state index contributed by atoms with van der Waals surface area (Å²) in [6, 6.07) is 15.3. The van der Waals surface area contributed by atoms with Gasteiger partial charge in [-0.2, -0.15) is 18.2 Å². The van der Waals surface area contributed by atoms with E-state index in [2.05, 4.69) is 5.10 Å². The summed E-state index contributed by atoms with van der Waals surface area (Å²) in [6.45, 7) is 3.36. The lowest BCUT2D eigenvalue weighted by Crippen LogP contribution is -2.26. The van der Waals surface area contributed by atoms with Crippen molar-refractivity contribution in [1.82, 2.24) is 9.78 Å². The normalized spacial score (nSPS) is 11.1. The van der Waals surface area contributed by atoms with Gasteiger partial charge in [0.15, 0.2) is 5.75 Å². The number of rotatable bonds is 6. The lowest BCUT2D eigenvalue weighted by molar-refractivity contribution is 0.0515. The molecule has 0 fully saturated rings. The summed E-state index contributed by atoms with van der Waals surface area (Å²) in [7, 11) is -4.30. The highest BCUT2D eigenvalue weighted by Crippen LogP contribution is 2.22. The monoisotopic (exact) mass is 414 g/mol. The van der Waals surface area contributed by atoms with Crippen LogP contribution in [0.4, 0.5) is 0 Å². The summed E-state index contributed by atoms with van der Waals surface area (Å²) >= 11 is 0. The van der Waals surface area contributed by atoms with Gasteiger partial charge in [-0.05, 0) is 43.7 Å². The number of hydrogen-bond donors (Lipinski definition) is 0. The van der Waals surface area contributed by atoms with Crippen LogP contribution in [0.3, 0.4) is 0 Å². The van der Waals surface area contributed by atoms with E-state index in [0.717, 1.165) is 10.7 Å². The maximum absolute atomic E-state index is 12.6. The summed E-state index contributed by atoms with van der Waals surface area (Å²) in [5.41, 5.74) is 0.0132. The van der Waals surface area contributed by atoms with Crippen molar-refractivity contribution in [3.63, 3.8) is 0 Å². The minimum atomic E-state index is -4.30. The number of carbonyl (C=O) groups excluding carboxylic acids is 1. The average molecular weight is 414 g/mol. The number of nitrogens with zero attached hydrogens (tertiary/aromatic N) is 2. The number of para-hydroxylation sites is 1. The molecule has 1 heterocycles. The Morgan fingerprint density at radius 3 is 2.45 bits per heavy atom. The second-order valence-corrected chi connectivity index (χ2v) is 7.56. The van der Waals surface area contributed by atoms with Crippen LogP contribution in [0.1, 0.15) is 23.0 Å². The van der Waals surface area contributed by atoms with Gasteiger partial charge in [-0.15, -0.1) is 0 Å². The van der Waals surface area contributed by atoms with Crippen LogP contribution in [0, 0.1) is 6.92 Å². The molecular weight excluding hydrogens is 396 g/mol. The Labute approximate surface area is 167 Å². The van der Waals surface area contributed by atoms with Gasteiger partial charge >= 0.3 is 16.1 Å². The Kier molecular flexibility index (Phi) is 5.79. The van der Waals surface area contributed by atoms with Gasteiger partial charge in [-0.25, -0.2) is 4.79 Å². The van der Waals surface area contributed by atoms with Gasteiger partial charge in [-0.1, -0.05) is 30.3 Å². The van der Waals surface area contributed by atoms with Crippen LogP contribution in [0.2, 0.25) is 0 Å². The molecule has 29 heavy (non-hydrogen) atoms. The van der Waals surface area contributed by atoms with Crippen LogP contribution in [0.5, 0.6) is 5.75 Å². The summed E-state index contributed by atoms with van der Waals surface area (Å²) in [5, 5.41) is 4.00. The van der Waals surface area contributed by atoms with Crippen molar-refractivity contribution in [2.45, 2.75) is 18.7 Å². The van der Waals surface area contributed by atoms with Crippen LogP contribution in [-0.2, 0) is 14.9 Å². The Morgan fingerprint density at radius 1 is 1.07 bits per heavy atom. The Hall–Kier alpha value is -3.46. The molecule has 0 amide bonds. The van der Waals surface area contributed by atoms with E-state index in [9.17, 15) is 18.0 Å². The van der Waals surface area contributed by atoms with E-state index in [1.807, 2.05) is 0 Å². The second kappa shape index (κ2) is 8.27. The first-order valence-corrected chi connectivity index (χ1v) is 10.1. The number of carbonyl (C=O) groups is 1. The maximum atomic E-state index is 12.6. The quantitative estimate of drug-likeness (QED) is 0.451. The third-order valence-corrected chi connectivity index (χ3v) is 5.07. The molecule has 0 saturated carbocycles. The van der Waals surface area contributed by atoms with Crippen molar-refractivity contribution in [1.29, 1.82) is 0 Å². The molecule has 2 aromatic carbocycles. The topological polar surface area (TPSA) is 105 Å². The lowest BCUT2D eigenvalue weighted by Gasteiger charge is -2.12. The molecule has 0 bridgehead atoms. The number of hydrogen-bond acceptors (Lipinski definition) is 7. The molecule has 0 atom stereocenters. The van der Waals surface area contributed by atoms with Crippen molar-refractivity contribution in [2.75, 3.05) is 6.61 Å². The first kappa shape index (κ1) is 20.3. The molecule has 3 rings (SSSR count). The third kappa shape index (κ3) is 4.52.